The van der Waals surface area contributed by atoms with Gasteiger partial charge in [-0.3, -0.25) is 4.79 Å². The van der Waals surface area contributed by atoms with Crippen molar-refractivity contribution >= 4 is 34.9 Å². The molecule has 2 aromatic rings. The molecule has 1 N–H and O–H groups in total. The Morgan fingerprint density at radius 2 is 1.89 bits per heavy atom. The smallest absolute Gasteiger partial charge is 0.340 e. The molecule has 27 heavy (non-hydrogen) atoms. The van der Waals surface area contributed by atoms with Gasteiger partial charge in [0.05, 0.1) is 12.7 Å². The molecule has 1 amide bonds. The molecule has 1 aromatic heterocycles. The second kappa shape index (κ2) is 9.37. The van der Waals surface area contributed by atoms with Crippen LogP contribution in [0, 0.1) is 0 Å². The van der Waals surface area contributed by atoms with E-state index in [2.05, 4.69) is 5.32 Å². The van der Waals surface area contributed by atoms with Crippen LogP contribution in [0.3, 0.4) is 0 Å². The van der Waals surface area contributed by atoms with Gasteiger partial charge in [0.1, 0.15) is 5.75 Å². The van der Waals surface area contributed by atoms with Crippen LogP contribution in [-0.4, -0.2) is 31.1 Å². The summed E-state index contributed by atoms with van der Waals surface area (Å²) in [4.78, 5) is 25.4. The second-order valence-corrected chi connectivity index (χ2v) is 7.62. The molecule has 0 saturated heterocycles. The quantitative estimate of drug-likeness (QED) is 0.546. The van der Waals surface area contributed by atoms with Crippen LogP contribution in [0.2, 0.25) is 0 Å². The first-order chi connectivity index (χ1) is 12.8. The van der Waals surface area contributed by atoms with Crippen molar-refractivity contribution in [2.75, 3.05) is 13.7 Å². The van der Waals surface area contributed by atoms with E-state index >= 15 is 0 Å². The van der Waals surface area contributed by atoms with Crippen molar-refractivity contribution in [3.8, 4) is 5.75 Å². The Bertz CT molecular complexity index is 792. The van der Waals surface area contributed by atoms with Gasteiger partial charge < -0.3 is 14.8 Å². The lowest BCUT2D eigenvalue weighted by molar-refractivity contribution is -0.143. The maximum Gasteiger partial charge on any atom is 0.340 e. The molecule has 0 atom stereocenters. The van der Waals surface area contributed by atoms with Crippen LogP contribution < -0.4 is 10.1 Å². The first-order valence-corrected chi connectivity index (χ1v) is 9.60. The molecule has 0 fully saturated rings. The fraction of sp³-hybridized carbons (Fsp3) is 0.333. The predicted molar refractivity (Wildman–Crippen MR) is 109 cm³/mol. The number of thiophene rings is 1. The Labute approximate surface area is 164 Å². The number of hydrogen-bond donors (Lipinski definition) is 1. The Morgan fingerprint density at radius 3 is 2.44 bits per heavy atom. The van der Waals surface area contributed by atoms with Crippen molar-refractivity contribution in [3.63, 3.8) is 0 Å². The summed E-state index contributed by atoms with van der Waals surface area (Å²) in [6.45, 7) is 5.52. The van der Waals surface area contributed by atoms with Gasteiger partial charge in [-0.2, -0.15) is 0 Å². The van der Waals surface area contributed by atoms with Gasteiger partial charge in [0.2, 0.25) is 0 Å². The summed E-state index contributed by atoms with van der Waals surface area (Å²) in [6, 6.07) is 11.1. The van der Waals surface area contributed by atoms with E-state index in [0.717, 1.165) is 22.6 Å². The third-order valence-electron chi connectivity index (χ3n) is 4.13. The Morgan fingerprint density at radius 1 is 1.19 bits per heavy atom. The van der Waals surface area contributed by atoms with Gasteiger partial charge in [-0.05, 0) is 55.5 Å². The van der Waals surface area contributed by atoms with Crippen LogP contribution in [0.1, 0.15) is 37.6 Å². The molecule has 0 aliphatic heterocycles. The largest absolute Gasteiger partial charge is 0.497 e. The van der Waals surface area contributed by atoms with Crippen LogP contribution in [0.5, 0.6) is 5.75 Å². The van der Waals surface area contributed by atoms with E-state index in [1.807, 2.05) is 62.5 Å². The third kappa shape index (κ3) is 6.25. The molecule has 1 heterocycles. The summed E-state index contributed by atoms with van der Waals surface area (Å²) in [5.74, 6) is -0.106. The van der Waals surface area contributed by atoms with Gasteiger partial charge in [0.15, 0.2) is 6.61 Å². The number of carbonyl (C=O) groups excluding carboxylic acids is 2. The number of nitrogens with one attached hydrogen (secondary N) is 1. The van der Waals surface area contributed by atoms with Gasteiger partial charge >= 0.3 is 5.97 Å². The van der Waals surface area contributed by atoms with Gasteiger partial charge in [0.25, 0.3) is 5.91 Å². The molecule has 0 unspecified atom stereocenters. The van der Waals surface area contributed by atoms with Crippen LogP contribution in [0.15, 0.2) is 41.8 Å². The standard InChI is InChI=1S/C21H25NO4S/c1-5-21(2,3)22-19(23)14-26-20(24)17(18-7-6-12-27-18)13-15-8-10-16(25-4)11-9-15/h6-13H,5,14H2,1-4H3,(H,22,23)/b17-13+. The molecule has 5 nitrogen and oxygen atoms in total. The van der Waals surface area contributed by atoms with Gasteiger partial charge in [-0.25, -0.2) is 4.79 Å². The number of hydrogen-bond acceptors (Lipinski definition) is 5. The lowest BCUT2D eigenvalue weighted by atomic mass is 10.0. The van der Waals surface area contributed by atoms with Crippen LogP contribution >= 0.6 is 11.3 Å². The molecule has 0 aliphatic carbocycles. The van der Waals surface area contributed by atoms with Crippen LogP contribution in [0.25, 0.3) is 11.6 Å². The molecular weight excluding hydrogens is 362 g/mol. The summed E-state index contributed by atoms with van der Waals surface area (Å²) in [7, 11) is 1.60. The minimum absolute atomic E-state index is 0.312. The van der Waals surface area contributed by atoms with Crippen LogP contribution in [-0.2, 0) is 14.3 Å². The highest BCUT2D eigenvalue weighted by Gasteiger charge is 2.20. The Hall–Kier alpha value is -2.60. The molecule has 0 spiro atoms. The third-order valence-corrected chi connectivity index (χ3v) is 5.03. The fourth-order valence-corrected chi connectivity index (χ4v) is 2.97. The SMILES string of the molecule is CCC(C)(C)NC(=O)COC(=O)/C(=C/c1ccc(OC)cc1)c1cccs1. The monoisotopic (exact) mass is 387 g/mol. The van der Waals surface area contributed by atoms with E-state index in [9.17, 15) is 9.59 Å². The Kier molecular flexibility index (Phi) is 7.19. The van der Waals surface area contributed by atoms with Crippen LogP contribution in [0.4, 0.5) is 0 Å². The van der Waals surface area contributed by atoms with Gasteiger partial charge in [0, 0.05) is 10.4 Å². The van der Waals surface area contributed by atoms with E-state index in [0.29, 0.717) is 5.57 Å². The zero-order chi connectivity index (χ0) is 19.9. The minimum atomic E-state index is -0.530. The number of benzene rings is 1. The van der Waals surface area contributed by atoms with Crippen molar-refractivity contribution in [2.24, 2.45) is 0 Å². The van der Waals surface area contributed by atoms with Crippen molar-refractivity contribution in [2.45, 2.75) is 32.7 Å². The van der Waals surface area contributed by atoms with Crippen molar-refractivity contribution in [3.05, 3.63) is 52.2 Å². The average molecular weight is 388 g/mol. The highest BCUT2D eigenvalue weighted by molar-refractivity contribution is 7.11. The summed E-state index contributed by atoms with van der Waals surface area (Å²) in [5, 5.41) is 4.74. The highest BCUT2D eigenvalue weighted by atomic mass is 32.1. The first kappa shape index (κ1) is 20.7. The van der Waals surface area contributed by atoms with E-state index < -0.39 is 5.97 Å². The lowest BCUT2D eigenvalue weighted by Gasteiger charge is -2.24. The highest BCUT2D eigenvalue weighted by Crippen LogP contribution is 2.25. The molecular formula is C21H25NO4S. The molecule has 144 valence electrons. The molecule has 6 heteroatoms. The molecule has 2 rings (SSSR count). The molecule has 0 saturated carbocycles. The maximum absolute atomic E-state index is 12.6. The zero-order valence-electron chi connectivity index (χ0n) is 16.1. The minimum Gasteiger partial charge on any atom is -0.497 e. The summed E-state index contributed by atoms with van der Waals surface area (Å²) in [5.41, 5.74) is 0.921. The van der Waals surface area contributed by atoms with E-state index in [1.165, 1.54) is 11.3 Å². The zero-order valence-corrected chi connectivity index (χ0v) is 16.9. The Balaban J connectivity index is 2.13. The number of methoxy groups -OCH3 is 1. The molecule has 0 bridgehead atoms. The number of amides is 1. The average Bonchev–Trinajstić information content (AvgIpc) is 3.18. The normalized spacial score (nSPS) is 11.8. The maximum atomic E-state index is 12.6. The summed E-state index contributed by atoms with van der Waals surface area (Å²) >= 11 is 1.44. The van der Waals surface area contributed by atoms with Crippen molar-refractivity contribution in [1.29, 1.82) is 0 Å². The fourth-order valence-electron chi connectivity index (χ4n) is 2.24. The molecule has 0 radical (unpaired) electrons. The lowest BCUT2D eigenvalue weighted by Crippen LogP contribution is -2.44. The second-order valence-electron chi connectivity index (χ2n) is 6.67. The summed E-state index contributed by atoms with van der Waals surface area (Å²) < 4.78 is 10.4. The van der Waals surface area contributed by atoms with Crippen molar-refractivity contribution in [1.82, 2.24) is 5.32 Å². The van der Waals surface area contributed by atoms with E-state index in [-0.39, 0.29) is 18.1 Å². The molecule has 1 aromatic carbocycles. The summed E-state index contributed by atoms with van der Waals surface area (Å²) in [6.07, 6.45) is 2.53. The first-order valence-electron chi connectivity index (χ1n) is 8.72. The number of carbonyl (C=O) groups is 2. The number of esters is 1. The van der Waals surface area contributed by atoms with Gasteiger partial charge in [-0.15, -0.1) is 11.3 Å². The van der Waals surface area contributed by atoms with Crippen molar-refractivity contribution < 1.29 is 19.1 Å². The topological polar surface area (TPSA) is 64.6 Å². The van der Waals surface area contributed by atoms with E-state index in [1.54, 1.807) is 13.2 Å². The number of rotatable bonds is 8. The van der Waals surface area contributed by atoms with E-state index in [4.69, 9.17) is 9.47 Å². The predicted octanol–water partition coefficient (Wildman–Crippen LogP) is 4.15. The van der Waals surface area contributed by atoms with Gasteiger partial charge in [-0.1, -0.05) is 25.1 Å². The number of ether oxygens (including phenoxy) is 2. The molecule has 0 aliphatic rings.